The van der Waals surface area contributed by atoms with Gasteiger partial charge < -0.3 is 4.74 Å². The van der Waals surface area contributed by atoms with E-state index < -0.39 is 0 Å². The van der Waals surface area contributed by atoms with Gasteiger partial charge in [0, 0.05) is 23.1 Å². The van der Waals surface area contributed by atoms with Crippen molar-refractivity contribution in [3.8, 4) is 5.75 Å². The van der Waals surface area contributed by atoms with E-state index in [-0.39, 0.29) is 17.8 Å². The summed E-state index contributed by atoms with van der Waals surface area (Å²) in [6.45, 7) is 3.99. The lowest BCUT2D eigenvalue weighted by Gasteiger charge is -2.21. The van der Waals surface area contributed by atoms with Crippen molar-refractivity contribution in [2.75, 3.05) is 0 Å². The van der Waals surface area contributed by atoms with Gasteiger partial charge in [0.15, 0.2) is 5.78 Å². The lowest BCUT2D eigenvalue weighted by molar-refractivity contribution is 0.0891. The van der Waals surface area contributed by atoms with Crippen LogP contribution < -0.4 is 4.74 Å². The van der Waals surface area contributed by atoms with Gasteiger partial charge in [0.1, 0.15) is 11.3 Å². The highest BCUT2D eigenvalue weighted by Crippen LogP contribution is 2.32. The van der Waals surface area contributed by atoms with E-state index in [0.717, 1.165) is 35.1 Å². The molecule has 2 aromatic rings. The second-order valence-electron chi connectivity index (χ2n) is 6.38. The van der Waals surface area contributed by atoms with Gasteiger partial charge in [-0.2, -0.15) is 0 Å². The van der Waals surface area contributed by atoms with E-state index in [1.807, 2.05) is 38.1 Å². The molecule has 3 rings (SSSR count). The number of Topliss-reactive ketones (excluding diaryl/α,β-unsaturated/α-hetero) is 1. The lowest BCUT2D eigenvalue weighted by Crippen LogP contribution is -2.18. The first kappa shape index (κ1) is 15.0. The van der Waals surface area contributed by atoms with Gasteiger partial charge in [0.2, 0.25) is 0 Å². The van der Waals surface area contributed by atoms with Gasteiger partial charge >= 0.3 is 0 Å². The maximum absolute atomic E-state index is 12.9. The van der Waals surface area contributed by atoms with E-state index in [1.54, 1.807) is 6.20 Å². The molecule has 1 aromatic heterocycles. The second kappa shape index (κ2) is 6.47. The summed E-state index contributed by atoms with van der Waals surface area (Å²) >= 11 is 0. The number of ketones is 1. The summed E-state index contributed by atoms with van der Waals surface area (Å²) in [5, 5.41) is 0.913. The molecule has 1 fully saturated rings. The molecule has 1 aliphatic carbocycles. The number of ether oxygens (including phenoxy) is 1. The molecule has 116 valence electrons. The SMILES string of the molecule is CC(C)Oc1ccc(C(=O)C2CCCCC2)c2cccnc12. The first-order valence-corrected chi connectivity index (χ1v) is 8.25. The average Bonchev–Trinajstić information content (AvgIpc) is 2.55. The first-order chi connectivity index (χ1) is 10.7. The molecule has 1 aliphatic rings. The number of aromatic nitrogens is 1. The highest BCUT2D eigenvalue weighted by Gasteiger charge is 2.24. The first-order valence-electron chi connectivity index (χ1n) is 8.25. The van der Waals surface area contributed by atoms with Crippen molar-refractivity contribution >= 4 is 16.7 Å². The van der Waals surface area contributed by atoms with E-state index in [1.165, 1.54) is 19.3 Å². The Balaban J connectivity index is 2.01. The van der Waals surface area contributed by atoms with Crippen LogP contribution in [0.4, 0.5) is 0 Å². The summed E-state index contributed by atoms with van der Waals surface area (Å²) in [6, 6.07) is 7.68. The molecule has 0 aliphatic heterocycles. The van der Waals surface area contributed by atoms with Crippen LogP contribution in [0.15, 0.2) is 30.5 Å². The summed E-state index contributed by atoms with van der Waals surface area (Å²) in [5.41, 5.74) is 1.59. The van der Waals surface area contributed by atoms with Crippen molar-refractivity contribution < 1.29 is 9.53 Å². The third kappa shape index (κ3) is 2.99. The Hall–Kier alpha value is -1.90. The van der Waals surface area contributed by atoms with Crippen molar-refractivity contribution in [3.63, 3.8) is 0 Å². The monoisotopic (exact) mass is 297 g/mol. The molecule has 22 heavy (non-hydrogen) atoms. The number of carbonyl (C=O) groups excluding carboxylic acids is 1. The van der Waals surface area contributed by atoms with Crippen molar-refractivity contribution in [1.29, 1.82) is 0 Å². The largest absolute Gasteiger partial charge is 0.489 e. The standard InChI is InChI=1S/C19H23NO2/c1-13(2)22-17-11-10-16(15-9-6-12-20-18(15)17)19(21)14-7-4-3-5-8-14/h6,9-14H,3-5,7-8H2,1-2H3. The van der Waals surface area contributed by atoms with E-state index >= 15 is 0 Å². The Labute approximate surface area is 131 Å². The third-order valence-electron chi connectivity index (χ3n) is 4.34. The topological polar surface area (TPSA) is 39.2 Å². The van der Waals surface area contributed by atoms with Crippen LogP contribution in [0.2, 0.25) is 0 Å². The van der Waals surface area contributed by atoms with E-state index in [0.29, 0.717) is 0 Å². The Morgan fingerprint density at radius 1 is 1.18 bits per heavy atom. The minimum Gasteiger partial charge on any atom is -0.489 e. The number of carbonyl (C=O) groups is 1. The molecule has 0 atom stereocenters. The summed E-state index contributed by atoms with van der Waals surface area (Å²) in [6.07, 6.45) is 7.47. The summed E-state index contributed by atoms with van der Waals surface area (Å²) in [7, 11) is 0. The van der Waals surface area contributed by atoms with Crippen LogP contribution in [0.3, 0.4) is 0 Å². The van der Waals surface area contributed by atoms with Crippen molar-refractivity contribution in [3.05, 3.63) is 36.0 Å². The number of nitrogens with zero attached hydrogens (tertiary/aromatic N) is 1. The molecule has 0 N–H and O–H groups in total. The Morgan fingerprint density at radius 2 is 1.95 bits per heavy atom. The smallest absolute Gasteiger partial charge is 0.166 e. The molecular weight excluding hydrogens is 274 g/mol. The molecule has 0 saturated heterocycles. The van der Waals surface area contributed by atoms with Gasteiger partial charge in [-0.3, -0.25) is 9.78 Å². The fourth-order valence-electron chi connectivity index (χ4n) is 3.30. The Bertz CT molecular complexity index is 672. The maximum Gasteiger partial charge on any atom is 0.166 e. The fourth-order valence-corrected chi connectivity index (χ4v) is 3.30. The van der Waals surface area contributed by atoms with Crippen LogP contribution in [0.25, 0.3) is 10.9 Å². The minimum absolute atomic E-state index is 0.0881. The molecule has 1 aromatic carbocycles. The molecule has 0 spiro atoms. The number of hydrogen-bond acceptors (Lipinski definition) is 3. The van der Waals surface area contributed by atoms with Gasteiger partial charge in [0.05, 0.1) is 6.10 Å². The number of rotatable bonds is 4. The molecule has 3 heteroatoms. The molecular formula is C19H23NO2. The van der Waals surface area contributed by atoms with Gasteiger partial charge in [-0.15, -0.1) is 0 Å². The highest BCUT2D eigenvalue weighted by atomic mass is 16.5. The Kier molecular flexibility index (Phi) is 4.41. The number of fused-ring (bicyclic) bond motifs is 1. The predicted octanol–water partition coefficient (Wildman–Crippen LogP) is 4.79. The lowest BCUT2D eigenvalue weighted by atomic mass is 9.83. The quantitative estimate of drug-likeness (QED) is 0.762. The average molecular weight is 297 g/mol. The van der Waals surface area contributed by atoms with Crippen LogP contribution in [-0.2, 0) is 0 Å². The molecule has 0 unspecified atom stereocenters. The van der Waals surface area contributed by atoms with E-state index in [2.05, 4.69) is 4.98 Å². The maximum atomic E-state index is 12.9. The summed E-state index contributed by atoms with van der Waals surface area (Å²) in [4.78, 5) is 17.3. The van der Waals surface area contributed by atoms with Crippen LogP contribution in [0.5, 0.6) is 5.75 Å². The van der Waals surface area contributed by atoms with Crippen LogP contribution in [0, 0.1) is 5.92 Å². The second-order valence-corrected chi connectivity index (χ2v) is 6.38. The van der Waals surface area contributed by atoms with Gasteiger partial charge in [0.25, 0.3) is 0 Å². The molecule has 0 amide bonds. The highest BCUT2D eigenvalue weighted by molar-refractivity contribution is 6.09. The number of benzene rings is 1. The summed E-state index contributed by atoms with van der Waals surface area (Å²) in [5.74, 6) is 1.20. The van der Waals surface area contributed by atoms with Crippen molar-refractivity contribution in [1.82, 2.24) is 4.98 Å². The van der Waals surface area contributed by atoms with E-state index in [9.17, 15) is 4.79 Å². The molecule has 3 nitrogen and oxygen atoms in total. The van der Waals surface area contributed by atoms with Crippen LogP contribution in [-0.4, -0.2) is 16.9 Å². The molecule has 1 heterocycles. The molecule has 0 bridgehead atoms. The zero-order valence-corrected chi connectivity index (χ0v) is 13.3. The molecule has 0 radical (unpaired) electrons. The third-order valence-corrected chi connectivity index (χ3v) is 4.34. The van der Waals surface area contributed by atoms with Gasteiger partial charge in [-0.25, -0.2) is 0 Å². The number of pyridine rings is 1. The van der Waals surface area contributed by atoms with Gasteiger partial charge in [-0.1, -0.05) is 25.3 Å². The van der Waals surface area contributed by atoms with Crippen molar-refractivity contribution in [2.24, 2.45) is 5.92 Å². The minimum atomic E-state index is 0.0881. The fraction of sp³-hybridized carbons (Fsp3) is 0.474. The number of hydrogen-bond donors (Lipinski definition) is 0. The van der Waals surface area contributed by atoms with Crippen LogP contribution in [0.1, 0.15) is 56.3 Å². The Morgan fingerprint density at radius 3 is 2.68 bits per heavy atom. The van der Waals surface area contributed by atoms with Crippen LogP contribution >= 0.6 is 0 Å². The normalized spacial score (nSPS) is 16.1. The zero-order chi connectivity index (χ0) is 15.5. The molecule has 1 saturated carbocycles. The summed E-state index contributed by atoms with van der Waals surface area (Å²) < 4.78 is 5.83. The van der Waals surface area contributed by atoms with E-state index in [4.69, 9.17) is 4.74 Å². The van der Waals surface area contributed by atoms with Crippen molar-refractivity contribution in [2.45, 2.75) is 52.1 Å². The van der Waals surface area contributed by atoms with Gasteiger partial charge in [-0.05, 0) is 44.9 Å². The predicted molar refractivity (Wildman–Crippen MR) is 88.4 cm³/mol. The zero-order valence-electron chi connectivity index (χ0n) is 13.3.